The Labute approximate surface area is 117 Å². The summed E-state index contributed by atoms with van der Waals surface area (Å²) in [6.07, 6.45) is 0.978. The molecule has 0 aliphatic carbocycles. The Morgan fingerprint density at radius 1 is 1.37 bits per heavy atom. The Morgan fingerprint density at radius 2 is 2.11 bits per heavy atom. The van der Waals surface area contributed by atoms with Crippen LogP contribution >= 0.6 is 11.6 Å². The lowest BCUT2D eigenvalue weighted by molar-refractivity contribution is 0.481. The van der Waals surface area contributed by atoms with Crippen LogP contribution in [0.3, 0.4) is 0 Å². The summed E-state index contributed by atoms with van der Waals surface area (Å²) in [4.78, 5) is 0. The van der Waals surface area contributed by atoms with Crippen molar-refractivity contribution in [3.8, 4) is 17.3 Å². The smallest absolute Gasteiger partial charge is 0.190 e. The lowest BCUT2D eigenvalue weighted by atomic mass is 10.1. The van der Waals surface area contributed by atoms with Crippen LogP contribution in [0.25, 0.3) is 11.3 Å². The molecule has 0 N–H and O–H groups in total. The minimum Gasteiger partial charge on any atom is -0.243 e. The average molecular weight is 275 g/mol. The van der Waals surface area contributed by atoms with Gasteiger partial charge in [-0.05, 0) is 18.4 Å². The van der Waals surface area contributed by atoms with Crippen LogP contribution in [0.5, 0.6) is 0 Å². The van der Waals surface area contributed by atoms with E-state index in [1.165, 1.54) is 0 Å². The van der Waals surface area contributed by atoms with Crippen LogP contribution < -0.4 is 0 Å². The van der Waals surface area contributed by atoms with E-state index in [9.17, 15) is 0 Å². The topological polar surface area (TPSA) is 54.5 Å². The zero-order valence-electron chi connectivity index (χ0n) is 11.0. The van der Waals surface area contributed by atoms with E-state index in [1.54, 1.807) is 10.7 Å². The van der Waals surface area contributed by atoms with Crippen LogP contribution in [0, 0.1) is 17.2 Å². The van der Waals surface area contributed by atoms with Crippen LogP contribution in [0.1, 0.15) is 26.0 Å². The van der Waals surface area contributed by atoms with Crippen molar-refractivity contribution in [3.63, 3.8) is 0 Å². The Hall–Kier alpha value is -1.86. The van der Waals surface area contributed by atoms with Crippen LogP contribution in [-0.2, 0) is 6.54 Å². The molecule has 0 saturated heterocycles. The molecule has 1 heterocycles. The molecule has 0 radical (unpaired) electrons. The third-order valence-electron chi connectivity index (χ3n) is 2.89. The van der Waals surface area contributed by atoms with Gasteiger partial charge in [0.2, 0.25) is 0 Å². The molecule has 0 aliphatic rings. The first-order valence-electron chi connectivity index (χ1n) is 6.22. The fourth-order valence-corrected chi connectivity index (χ4v) is 2.07. The summed E-state index contributed by atoms with van der Waals surface area (Å²) in [6.45, 7) is 5.03. The van der Waals surface area contributed by atoms with Crippen molar-refractivity contribution in [3.05, 3.63) is 35.0 Å². The molecule has 0 amide bonds. The minimum absolute atomic E-state index is 0.317. The lowest BCUT2D eigenvalue weighted by Crippen LogP contribution is -2.05. The minimum atomic E-state index is 0.317. The number of benzene rings is 1. The molecular formula is C14H15ClN4. The predicted molar refractivity (Wildman–Crippen MR) is 74.6 cm³/mol. The number of aromatic nitrogens is 3. The van der Waals surface area contributed by atoms with Crippen LogP contribution in [0.2, 0.25) is 5.02 Å². The van der Waals surface area contributed by atoms with Crippen molar-refractivity contribution in [1.29, 1.82) is 5.26 Å². The molecule has 98 valence electrons. The van der Waals surface area contributed by atoms with E-state index in [-0.39, 0.29) is 0 Å². The number of nitriles is 1. The maximum absolute atomic E-state index is 9.15. The zero-order chi connectivity index (χ0) is 13.8. The zero-order valence-corrected chi connectivity index (χ0v) is 11.7. The molecule has 0 unspecified atom stereocenters. The van der Waals surface area contributed by atoms with Gasteiger partial charge < -0.3 is 0 Å². The van der Waals surface area contributed by atoms with Crippen LogP contribution in [0.15, 0.2) is 24.3 Å². The third kappa shape index (κ3) is 2.94. The van der Waals surface area contributed by atoms with Gasteiger partial charge in [-0.15, -0.1) is 5.10 Å². The Kier molecular flexibility index (Phi) is 4.18. The highest BCUT2D eigenvalue weighted by Gasteiger charge is 2.17. The van der Waals surface area contributed by atoms with Crippen LogP contribution in [-0.4, -0.2) is 15.0 Å². The van der Waals surface area contributed by atoms with E-state index in [0.717, 1.165) is 18.5 Å². The molecule has 4 nitrogen and oxygen atoms in total. The molecule has 1 aromatic heterocycles. The quantitative estimate of drug-likeness (QED) is 0.857. The highest BCUT2D eigenvalue weighted by Crippen LogP contribution is 2.29. The summed E-state index contributed by atoms with van der Waals surface area (Å²) < 4.78 is 1.76. The average Bonchev–Trinajstić information content (AvgIpc) is 2.79. The van der Waals surface area contributed by atoms with Crippen molar-refractivity contribution < 1.29 is 0 Å². The highest BCUT2D eigenvalue weighted by molar-refractivity contribution is 6.33. The molecule has 2 aromatic rings. The van der Waals surface area contributed by atoms with Crippen molar-refractivity contribution in [1.82, 2.24) is 15.0 Å². The summed E-state index contributed by atoms with van der Waals surface area (Å²) in [6, 6.07) is 9.51. The van der Waals surface area contributed by atoms with E-state index >= 15 is 0 Å². The SMILES string of the molecule is CC(C)CCn1nnc(C#N)c1-c1ccccc1Cl. The van der Waals surface area contributed by atoms with Crippen LogP contribution in [0.4, 0.5) is 0 Å². The first-order valence-corrected chi connectivity index (χ1v) is 6.59. The second-order valence-corrected chi connectivity index (χ2v) is 5.19. The molecule has 5 heteroatoms. The first-order chi connectivity index (χ1) is 9.13. The van der Waals surface area contributed by atoms with Crippen molar-refractivity contribution >= 4 is 11.6 Å². The lowest BCUT2D eigenvalue weighted by Gasteiger charge is -2.09. The molecule has 0 aliphatic heterocycles. The molecule has 0 saturated carbocycles. The molecule has 2 rings (SSSR count). The predicted octanol–water partition coefficient (Wildman–Crippen LogP) is 3.52. The number of aryl methyl sites for hydroxylation is 1. The molecule has 0 atom stereocenters. The fourth-order valence-electron chi connectivity index (χ4n) is 1.85. The second kappa shape index (κ2) is 5.85. The fraction of sp³-hybridized carbons (Fsp3) is 0.357. The number of hydrogen-bond acceptors (Lipinski definition) is 3. The van der Waals surface area contributed by atoms with Gasteiger partial charge in [0.05, 0.1) is 5.02 Å². The maximum atomic E-state index is 9.15. The third-order valence-corrected chi connectivity index (χ3v) is 3.22. The van der Waals surface area contributed by atoms with Gasteiger partial charge in [-0.25, -0.2) is 4.68 Å². The molecular weight excluding hydrogens is 260 g/mol. The van der Waals surface area contributed by atoms with Gasteiger partial charge in [0.25, 0.3) is 0 Å². The maximum Gasteiger partial charge on any atom is 0.190 e. The Balaban J connectivity index is 2.46. The molecule has 0 bridgehead atoms. The molecule has 1 aromatic carbocycles. The van der Waals surface area contributed by atoms with E-state index in [2.05, 4.69) is 30.2 Å². The molecule has 19 heavy (non-hydrogen) atoms. The summed E-state index contributed by atoms with van der Waals surface area (Å²) in [5.74, 6) is 0.564. The summed E-state index contributed by atoms with van der Waals surface area (Å²) in [5.41, 5.74) is 1.82. The normalized spacial score (nSPS) is 10.7. The second-order valence-electron chi connectivity index (χ2n) is 4.78. The van der Waals surface area contributed by atoms with Gasteiger partial charge in [-0.1, -0.05) is 48.9 Å². The van der Waals surface area contributed by atoms with Crippen molar-refractivity contribution in [2.75, 3.05) is 0 Å². The van der Waals surface area contributed by atoms with Gasteiger partial charge in [-0.3, -0.25) is 0 Å². The number of nitrogens with zero attached hydrogens (tertiary/aromatic N) is 4. The number of halogens is 1. The summed E-state index contributed by atoms with van der Waals surface area (Å²) >= 11 is 6.20. The van der Waals surface area contributed by atoms with Gasteiger partial charge in [0, 0.05) is 12.1 Å². The molecule has 0 spiro atoms. The van der Waals surface area contributed by atoms with Gasteiger partial charge in [-0.2, -0.15) is 5.26 Å². The number of hydrogen-bond donors (Lipinski definition) is 0. The van der Waals surface area contributed by atoms with Crippen molar-refractivity contribution in [2.45, 2.75) is 26.8 Å². The van der Waals surface area contributed by atoms with E-state index in [1.807, 2.05) is 18.2 Å². The van der Waals surface area contributed by atoms with Gasteiger partial charge in [0.15, 0.2) is 5.69 Å². The highest BCUT2D eigenvalue weighted by atomic mass is 35.5. The largest absolute Gasteiger partial charge is 0.243 e. The Morgan fingerprint density at radius 3 is 2.74 bits per heavy atom. The molecule has 0 fully saturated rings. The summed E-state index contributed by atoms with van der Waals surface area (Å²) in [5, 5.41) is 17.7. The van der Waals surface area contributed by atoms with Gasteiger partial charge in [0.1, 0.15) is 11.8 Å². The van der Waals surface area contributed by atoms with Crippen molar-refractivity contribution in [2.24, 2.45) is 5.92 Å². The van der Waals surface area contributed by atoms with E-state index in [4.69, 9.17) is 16.9 Å². The summed E-state index contributed by atoms with van der Waals surface area (Å²) in [7, 11) is 0. The Bertz CT molecular complexity index is 610. The number of rotatable bonds is 4. The van der Waals surface area contributed by atoms with Gasteiger partial charge >= 0.3 is 0 Å². The standard InChI is InChI=1S/C14H15ClN4/c1-10(2)7-8-19-14(13(9-16)17-18-19)11-5-3-4-6-12(11)15/h3-6,10H,7-8H2,1-2H3. The first kappa shape index (κ1) is 13.6. The van der Waals surface area contributed by atoms with E-state index < -0.39 is 0 Å². The monoisotopic (exact) mass is 274 g/mol. The van der Waals surface area contributed by atoms with E-state index in [0.29, 0.717) is 22.3 Å².